The predicted molar refractivity (Wildman–Crippen MR) is 121 cm³/mol. The highest BCUT2D eigenvalue weighted by Gasteiger charge is 2.44. The standard InChI is InChI=1S/C26H27NO6/c1-15-9-17-10-16(7-8-22(17)32-15)25(29)27-13-18-11-21(28)24(12-19(18)14-27)33-23-6-4-3-5-20(23)26(30)31-2/h3-10,18-19,21,24,28H,11-14H2,1-2H3/t18-,19+,21+,24+/m0/s1. The summed E-state index contributed by atoms with van der Waals surface area (Å²) in [5, 5.41) is 11.7. The molecule has 1 aliphatic heterocycles. The number of benzene rings is 2. The number of nitrogens with zero attached hydrogens (tertiary/aromatic N) is 1. The highest BCUT2D eigenvalue weighted by atomic mass is 16.5. The number of carbonyl (C=O) groups is 2. The molecule has 7 nitrogen and oxygen atoms in total. The number of fused-ring (bicyclic) bond motifs is 2. The van der Waals surface area contributed by atoms with Crippen LogP contribution in [-0.4, -0.2) is 54.3 Å². The summed E-state index contributed by atoms with van der Waals surface area (Å²) in [6, 6.07) is 14.3. The van der Waals surface area contributed by atoms with Crippen molar-refractivity contribution in [3.63, 3.8) is 0 Å². The molecule has 33 heavy (non-hydrogen) atoms. The highest BCUT2D eigenvalue weighted by molar-refractivity contribution is 5.98. The Labute approximate surface area is 191 Å². The smallest absolute Gasteiger partial charge is 0.341 e. The fourth-order valence-corrected chi connectivity index (χ4v) is 5.19. The fourth-order valence-electron chi connectivity index (χ4n) is 5.19. The number of esters is 1. The highest BCUT2D eigenvalue weighted by Crippen LogP contribution is 2.39. The zero-order chi connectivity index (χ0) is 23.1. The van der Waals surface area contributed by atoms with Gasteiger partial charge in [0.25, 0.3) is 5.91 Å². The molecule has 172 valence electrons. The van der Waals surface area contributed by atoms with Gasteiger partial charge in [0.2, 0.25) is 0 Å². The number of furan rings is 1. The molecule has 0 spiro atoms. The van der Waals surface area contributed by atoms with E-state index in [0.29, 0.717) is 42.8 Å². The van der Waals surface area contributed by atoms with Crippen LogP contribution in [0, 0.1) is 18.8 Å². The summed E-state index contributed by atoms with van der Waals surface area (Å²) in [5.74, 6) is 1.19. The van der Waals surface area contributed by atoms with Crippen molar-refractivity contribution in [2.45, 2.75) is 32.0 Å². The number of likely N-dealkylation sites (tertiary alicyclic amines) is 1. The summed E-state index contributed by atoms with van der Waals surface area (Å²) in [6.07, 6.45) is 0.0551. The van der Waals surface area contributed by atoms with E-state index >= 15 is 0 Å². The van der Waals surface area contributed by atoms with Crippen LogP contribution in [0.1, 0.15) is 39.3 Å². The van der Waals surface area contributed by atoms with E-state index in [4.69, 9.17) is 13.9 Å². The molecule has 1 saturated carbocycles. The normalized spacial score (nSPS) is 24.5. The van der Waals surface area contributed by atoms with E-state index in [1.807, 2.05) is 30.0 Å². The Balaban J connectivity index is 1.29. The average molecular weight is 450 g/mol. The van der Waals surface area contributed by atoms with E-state index in [9.17, 15) is 14.7 Å². The Bertz CT molecular complexity index is 1200. The van der Waals surface area contributed by atoms with Crippen molar-refractivity contribution in [1.82, 2.24) is 4.90 Å². The van der Waals surface area contributed by atoms with E-state index in [1.54, 1.807) is 30.3 Å². The van der Waals surface area contributed by atoms with Crippen LogP contribution in [-0.2, 0) is 4.74 Å². The topological polar surface area (TPSA) is 89.2 Å². The van der Waals surface area contributed by atoms with Crippen molar-refractivity contribution in [2.75, 3.05) is 20.2 Å². The van der Waals surface area contributed by atoms with Crippen molar-refractivity contribution in [3.8, 4) is 5.75 Å². The fraction of sp³-hybridized carbons (Fsp3) is 0.385. The van der Waals surface area contributed by atoms with Crippen LogP contribution in [0.2, 0.25) is 0 Å². The first-order valence-electron chi connectivity index (χ1n) is 11.2. The molecule has 4 atom stereocenters. The van der Waals surface area contributed by atoms with Crippen LogP contribution in [0.5, 0.6) is 5.75 Å². The first kappa shape index (κ1) is 21.5. The lowest BCUT2D eigenvalue weighted by atomic mass is 9.78. The van der Waals surface area contributed by atoms with Gasteiger partial charge in [0.1, 0.15) is 28.8 Å². The first-order valence-corrected chi connectivity index (χ1v) is 11.2. The SMILES string of the molecule is COC(=O)c1ccccc1O[C@@H]1C[C@@H]2CN(C(=O)c3ccc4oc(C)cc4c3)C[C@@H]2C[C@H]1O. The van der Waals surface area contributed by atoms with Crippen LogP contribution < -0.4 is 4.74 Å². The summed E-state index contributed by atoms with van der Waals surface area (Å²) in [6.45, 7) is 3.13. The minimum Gasteiger partial charge on any atom is -0.487 e. The van der Waals surface area contributed by atoms with Gasteiger partial charge in [-0.2, -0.15) is 0 Å². The molecular weight excluding hydrogens is 422 g/mol. The number of aryl methyl sites for hydroxylation is 1. The number of aliphatic hydroxyl groups is 1. The lowest BCUT2D eigenvalue weighted by Gasteiger charge is -2.35. The van der Waals surface area contributed by atoms with Gasteiger partial charge in [-0.05, 0) is 68.0 Å². The average Bonchev–Trinajstić information content (AvgIpc) is 3.40. The van der Waals surface area contributed by atoms with Gasteiger partial charge in [-0.1, -0.05) is 12.1 Å². The third-order valence-electron chi connectivity index (χ3n) is 6.83. The molecule has 1 aliphatic carbocycles. The molecule has 0 bridgehead atoms. The molecule has 5 rings (SSSR count). The Morgan fingerprint density at radius 3 is 2.61 bits per heavy atom. The predicted octanol–water partition coefficient (Wildman–Crippen LogP) is 3.82. The van der Waals surface area contributed by atoms with Gasteiger partial charge < -0.3 is 23.9 Å². The van der Waals surface area contributed by atoms with Crippen molar-refractivity contribution in [1.29, 1.82) is 0 Å². The van der Waals surface area contributed by atoms with Gasteiger partial charge in [-0.15, -0.1) is 0 Å². The number of aliphatic hydroxyl groups excluding tert-OH is 1. The summed E-state index contributed by atoms with van der Waals surface area (Å²) in [4.78, 5) is 27.1. The molecule has 0 unspecified atom stereocenters. The van der Waals surface area contributed by atoms with Gasteiger partial charge in [0.15, 0.2) is 0 Å². The summed E-state index contributed by atoms with van der Waals surface area (Å²) in [7, 11) is 1.33. The molecule has 3 aromatic rings. The minimum atomic E-state index is -0.669. The Hall–Kier alpha value is -3.32. The quantitative estimate of drug-likeness (QED) is 0.609. The zero-order valence-corrected chi connectivity index (χ0v) is 18.7. The van der Waals surface area contributed by atoms with Gasteiger partial charge in [0, 0.05) is 24.0 Å². The number of amides is 1. The summed E-state index contributed by atoms with van der Waals surface area (Å²) >= 11 is 0. The molecule has 2 fully saturated rings. The van der Waals surface area contributed by atoms with E-state index in [2.05, 4.69) is 0 Å². The molecule has 2 heterocycles. The van der Waals surface area contributed by atoms with Crippen molar-refractivity contribution in [3.05, 3.63) is 65.4 Å². The minimum absolute atomic E-state index is 0.00634. The maximum Gasteiger partial charge on any atom is 0.341 e. The zero-order valence-electron chi connectivity index (χ0n) is 18.7. The van der Waals surface area contributed by atoms with Crippen LogP contribution in [0.3, 0.4) is 0 Å². The Kier molecular flexibility index (Phi) is 5.58. The van der Waals surface area contributed by atoms with Gasteiger partial charge in [-0.3, -0.25) is 4.79 Å². The second kappa shape index (κ2) is 8.56. The third kappa shape index (κ3) is 4.09. The molecule has 1 aromatic heterocycles. The summed E-state index contributed by atoms with van der Waals surface area (Å²) < 4.78 is 16.5. The van der Waals surface area contributed by atoms with E-state index in [1.165, 1.54) is 7.11 Å². The molecule has 7 heteroatoms. The number of rotatable bonds is 4. The van der Waals surface area contributed by atoms with Gasteiger partial charge in [0.05, 0.1) is 13.2 Å². The van der Waals surface area contributed by atoms with E-state index in [0.717, 1.165) is 16.7 Å². The number of hydrogen-bond donors (Lipinski definition) is 1. The first-order chi connectivity index (χ1) is 15.9. The van der Waals surface area contributed by atoms with Crippen LogP contribution in [0.4, 0.5) is 0 Å². The van der Waals surface area contributed by atoms with Gasteiger partial charge in [-0.25, -0.2) is 4.79 Å². The van der Waals surface area contributed by atoms with Crippen LogP contribution >= 0.6 is 0 Å². The van der Waals surface area contributed by atoms with E-state index in [-0.39, 0.29) is 17.7 Å². The number of methoxy groups -OCH3 is 1. The van der Waals surface area contributed by atoms with Crippen molar-refractivity contribution in [2.24, 2.45) is 11.8 Å². The molecule has 1 amide bonds. The Morgan fingerprint density at radius 2 is 1.82 bits per heavy atom. The molecule has 2 aliphatic rings. The number of hydrogen-bond acceptors (Lipinski definition) is 6. The second-order valence-electron chi connectivity index (χ2n) is 9.02. The second-order valence-corrected chi connectivity index (χ2v) is 9.02. The molecule has 1 saturated heterocycles. The maximum absolute atomic E-state index is 13.2. The number of para-hydroxylation sites is 1. The van der Waals surface area contributed by atoms with Crippen molar-refractivity contribution < 1.29 is 28.6 Å². The van der Waals surface area contributed by atoms with Crippen LogP contribution in [0.25, 0.3) is 11.0 Å². The molecule has 0 radical (unpaired) electrons. The number of carbonyl (C=O) groups excluding carboxylic acids is 2. The lowest BCUT2D eigenvalue weighted by molar-refractivity contribution is -0.0237. The molecule has 1 N–H and O–H groups in total. The monoisotopic (exact) mass is 449 g/mol. The maximum atomic E-state index is 13.2. The van der Waals surface area contributed by atoms with E-state index < -0.39 is 18.2 Å². The van der Waals surface area contributed by atoms with Crippen LogP contribution in [0.15, 0.2) is 52.9 Å². The molecular formula is C26H27NO6. The third-order valence-corrected chi connectivity index (χ3v) is 6.83. The summed E-state index contributed by atoms with van der Waals surface area (Å²) in [5.41, 5.74) is 1.75. The molecule has 2 aromatic carbocycles. The van der Waals surface area contributed by atoms with Gasteiger partial charge >= 0.3 is 5.97 Å². The van der Waals surface area contributed by atoms with Crippen molar-refractivity contribution >= 4 is 22.8 Å². The largest absolute Gasteiger partial charge is 0.487 e. The number of ether oxygens (including phenoxy) is 2. The Morgan fingerprint density at radius 1 is 1.06 bits per heavy atom. The lowest BCUT2D eigenvalue weighted by Crippen LogP contribution is -2.42.